The minimum absolute atomic E-state index is 0.0252. The van der Waals surface area contributed by atoms with Crippen molar-refractivity contribution in [3.8, 4) is 5.75 Å². The number of benzene rings is 2. The number of halogens is 1. The molecule has 2 rings (SSSR count). The van der Waals surface area contributed by atoms with Gasteiger partial charge in [0, 0.05) is 7.05 Å². The highest BCUT2D eigenvalue weighted by molar-refractivity contribution is 7.87. The molecule has 158 valence electrons. The monoisotopic (exact) mass is 425 g/mol. The van der Waals surface area contributed by atoms with Crippen molar-refractivity contribution < 1.29 is 31.6 Å². The van der Waals surface area contributed by atoms with Crippen LogP contribution >= 0.6 is 0 Å². The van der Waals surface area contributed by atoms with Crippen molar-refractivity contribution in [2.75, 3.05) is 13.6 Å². The Labute approximate surface area is 169 Å². The van der Waals surface area contributed by atoms with Gasteiger partial charge in [0.2, 0.25) is 0 Å². The van der Waals surface area contributed by atoms with Gasteiger partial charge in [-0.2, -0.15) is 8.42 Å². The van der Waals surface area contributed by atoms with Crippen molar-refractivity contribution in [3.63, 3.8) is 0 Å². The Morgan fingerprint density at radius 2 is 1.72 bits per heavy atom. The van der Waals surface area contributed by atoms with E-state index in [4.69, 9.17) is 8.92 Å². The first-order valence-electron chi connectivity index (χ1n) is 8.80. The molecule has 1 N–H and O–H groups in total. The molecule has 0 aliphatic heterocycles. The van der Waals surface area contributed by atoms with Crippen molar-refractivity contribution >= 4 is 16.2 Å². The smallest absolute Gasteiger partial charge is 0.410 e. The number of hydrogen-bond donors (Lipinski definition) is 1. The van der Waals surface area contributed by atoms with Crippen LogP contribution in [0.1, 0.15) is 32.4 Å². The number of carbonyl (C=O) groups excluding carboxylic acids is 1. The molecular formula is C20H24FNO6S. The van der Waals surface area contributed by atoms with Crippen molar-refractivity contribution in [1.29, 1.82) is 0 Å². The first-order valence-corrected chi connectivity index (χ1v) is 10.2. The Bertz CT molecular complexity index is 954. The van der Waals surface area contributed by atoms with Crippen LogP contribution in [0, 0.1) is 5.82 Å². The number of hydrogen-bond acceptors (Lipinski definition) is 6. The van der Waals surface area contributed by atoms with Gasteiger partial charge < -0.3 is 18.9 Å². The van der Waals surface area contributed by atoms with Gasteiger partial charge in [0.1, 0.15) is 22.1 Å². The van der Waals surface area contributed by atoms with Crippen LogP contribution in [-0.2, 0) is 14.9 Å². The summed E-state index contributed by atoms with van der Waals surface area (Å²) in [5.74, 6) is -0.950. The van der Waals surface area contributed by atoms with Crippen molar-refractivity contribution in [2.24, 2.45) is 0 Å². The molecule has 9 heteroatoms. The third kappa shape index (κ3) is 6.43. The van der Waals surface area contributed by atoms with E-state index in [1.807, 2.05) is 0 Å². The molecule has 7 nitrogen and oxygen atoms in total. The fourth-order valence-electron chi connectivity index (χ4n) is 2.34. The summed E-state index contributed by atoms with van der Waals surface area (Å²) in [7, 11) is -2.84. The molecule has 2 aromatic carbocycles. The summed E-state index contributed by atoms with van der Waals surface area (Å²) in [5.41, 5.74) is -0.213. The number of aliphatic hydroxyl groups is 1. The first kappa shape index (κ1) is 22.6. The minimum Gasteiger partial charge on any atom is -0.444 e. The first-order chi connectivity index (χ1) is 13.4. The Kier molecular flexibility index (Phi) is 6.86. The van der Waals surface area contributed by atoms with E-state index in [1.165, 1.54) is 48.3 Å². The Morgan fingerprint density at radius 3 is 2.28 bits per heavy atom. The zero-order valence-corrected chi connectivity index (χ0v) is 17.4. The van der Waals surface area contributed by atoms with Crippen LogP contribution in [0.15, 0.2) is 53.4 Å². The van der Waals surface area contributed by atoms with Gasteiger partial charge >= 0.3 is 16.2 Å². The highest BCUT2D eigenvalue weighted by Gasteiger charge is 2.23. The van der Waals surface area contributed by atoms with Gasteiger partial charge in [-0.15, -0.1) is 0 Å². The molecule has 0 aromatic heterocycles. The molecule has 29 heavy (non-hydrogen) atoms. The Hall–Kier alpha value is -2.65. The standard InChI is InChI=1S/C20H24FNO6S/c1-20(2,3)27-19(24)22(4)13-17(23)14-9-11-15(12-10-14)28-29(25,26)18-8-6-5-7-16(18)21/h5-12,17,23H,13H2,1-4H3. The summed E-state index contributed by atoms with van der Waals surface area (Å²) in [6.45, 7) is 5.19. The lowest BCUT2D eigenvalue weighted by atomic mass is 10.1. The van der Waals surface area contributed by atoms with Crippen LogP contribution < -0.4 is 4.18 Å². The average molecular weight is 425 g/mol. The summed E-state index contributed by atoms with van der Waals surface area (Å²) < 4.78 is 48.3. The highest BCUT2D eigenvalue weighted by Crippen LogP contribution is 2.23. The Balaban J connectivity index is 2.04. The fourth-order valence-corrected chi connectivity index (χ4v) is 3.35. The molecule has 0 fully saturated rings. The second-order valence-corrected chi connectivity index (χ2v) is 8.93. The number of aliphatic hydroxyl groups excluding tert-OH is 1. The van der Waals surface area contributed by atoms with Gasteiger partial charge in [-0.1, -0.05) is 24.3 Å². The van der Waals surface area contributed by atoms with Gasteiger partial charge in [0.15, 0.2) is 0 Å². The third-order valence-corrected chi connectivity index (χ3v) is 5.01. The maximum Gasteiger partial charge on any atom is 0.410 e. The van der Waals surface area contributed by atoms with E-state index in [9.17, 15) is 22.7 Å². The Morgan fingerprint density at radius 1 is 1.14 bits per heavy atom. The molecule has 1 amide bonds. The van der Waals surface area contributed by atoms with E-state index in [1.54, 1.807) is 20.8 Å². The highest BCUT2D eigenvalue weighted by atomic mass is 32.2. The zero-order valence-electron chi connectivity index (χ0n) is 16.6. The van der Waals surface area contributed by atoms with Crippen molar-refractivity contribution in [3.05, 3.63) is 59.9 Å². The normalized spacial score (nSPS) is 12.9. The van der Waals surface area contributed by atoms with E-state index in [-0.39, 0.29) is 12.3 Å². The van der Waals surface area contributed by atoms with Gasteiger partial charge in [-0.05, 0) is 50.6 Å². The van der Waals surface area contributed by atoms with E-state index < -0.39 is 38.6 Å². The summed E-state index contributed by atoms with van der Waals surface area (Å²) in [4.78, 5) is 12.6. The van der Waals surface area contributed by atoms with E-state index in [0.717, 1.165) is 12.1 Å². The summed E-state index contributed by atoms with van der Waals surface area (Å²) in [5, 5.41) is 10.3. The summed E-state index contributed by atoms with van der Waals surface area (Å²) in [6.07, 6.45) is -1.60. The van der Waals surface area contributed by atoms with Gasteiger partial charge in [0.05, 0.1) is 12.6 Å². The molecule has 0 heterocycles. The molecule has 0 spiro atoms. The topological polar surface area (TPSA) is 93.1 Å². The third-order valence-electron chi connectivity index (χ3n) is 3.73. The summed E-state index contributed by atoms with van der Waals surface area (Å²) in [6, 6.07) is 10.5. The molecule has 0 bridgehead atoms. The SMILES string of the molecule is CN(CC(O)c1ccc(OS(=O)(=O)c2ccccc2F)cc1)C(=O)OC(C)(C)C. The number of carbonyl (C=O) groups is 1. The maximum absolute atomic E-state index is 13.7. The second kappa shape index (κ2) is 8.79. The number of nitrogens with zero attached hydrogens (tertiary/aromatic N) is 1. The van der Waals surface area contributed by atoms with Crippen LogP contribution in [-0.4, -0.2) is 43.7 Å². The molecule has 0 radical (unpaired) electrons. The number of rotatable bonds is 6. The lowest BCUT2D eigenvalue weighted by Crippen LogP contribution is -2.36. The van der Waals surface area contributed by atoms with Crippen molar-refractivity contribution in [2.45, 2.75) is 37.4 Å². The second-order valence-electron chi connectivity index (χ2n) is 7.41. The summed E-state index contributed by atoms with van der Waals surface area (Å²) >= 11 is 0. The molecule has 2 aromatic rings. The molecule has 0 aliphatic rings. The van der Waals surface area contributed by atoms with Gasteiger partial charge in [-0.3, -0.25) is 0 Å². The number of amides is 1. The quantitative estimate of drug-likeness (QED) is 0.712. The average Bonchev–Trinajstić information content (AvgIpc) is 2.60. The lowest BCUT2D eigenvalue weighted by Gasteiger charge is -2.26. The predicted octanol–water partition coefficient (Wildman–Crippen LogP) is 3.49. The number of ether oxygens (including phenoxy) is 1. The predicted molar refractivity (Wildman–Crippen MR) is 104 cm³/mol. The van der Waals surface area contributed by atoms with Crippen LogP contribution in [0.25, 0.3) is 0 Å². The molecule has 1 unspecified atom stereocenters. The molecule has 0 saturated heterocycles. The van der Waals surface area contributed by atoms with Crippen molar-refractivity contribution in [1.82, 2.24) is 4.90 Å². The van der Waals surface area contributed by atoms with Crippen LogP contribution in [0.3, 0.4) is 0 Å². The largest absolute Gasteiger partial charge is 0.444 e. The van der Waals surface area contributed by atoms with Gasteiger partial charge in [-0.25, -0.2) is 9.18 Å². The van der Waals surface area contributed by atoms with E-state index in [2.05, 4.69) is 0 Å². The fraction of sp³-hybridized carbons (Fsp3) is 0.350. The molecular weight excluding hydrogens is 401 g/mol. The van der Waals surface area contributed by atoms with E-state index in [0.29, 0.717) is 5.56 Å². The van der Waals surface area contributed by atoms with Crippen LogP contribution in [0.2, 0.25) is 0 Å². The van der Waals surface area contributed by atoms with Crippen LogP contribution in [0.5, 0.6) is 5.75 Å². The molecule has 0 aliphatic carbocycles. The van der Waals surface area contributed by atoms with Crippen LogP contribution in [0.4, 0.5) is 9.18 Å². The number of likely N-dealkylation sites (N-methyl/N-ethyl adjacent to an activating group) is 1. The van der Waals surface area contributed by atoms with E-state index >= 15 is 0 Å². The van der Waals surface area contributed by atoms with Gasteiger partial charge in [0.25, 0.3) is 0 Å². The molecule has 1 atom stereocenters. The minimum atomic E-state index is -4.33. The maximum atomic E-state index is 13.7. The lowest BCUT2D eigenvalue weighted by molar-refractivity contribution is 0.0205. The zero-order chi connectivity index (χ0) is 21.8. The molecule has 0 saturated carbocycles.